The summed E-state index contributed by atoms with van der Waals surface area (Å²) < 4.78 is 3.36. The largest absolute Gasteiger partial charge is 0.349 e. The van der Waals surface area contributed by atoms with Gasteiger partial charge in [-0.2, -0.15) is 0 Å². The first-order valence-corrected chi connectivity index (χ1v) is 12.6. The van der Waals surface area contributed by atoms with Gasteiger partial charge >= 0.3 is 0 Å². The Kier molecular flexibility index (Phi) is 6.69. The van der Waals surface area contributed by atoms with Gasteiger partial charge in [-0.05, 0) is 35.7 Å². The molecule has 0 saturated carbocycles. The average Bonchev–Trinajstić information content (AvgIpc) is 3.34. The van der Waals surface area contributed by atoms with E-state index >= 15 is 0 Å². The Morgan fingerprint density at radius 2 is 1.69 bits per heavy atom. The van der Waals surface area contributed by atoms with Gasteiger partial charge in [0.25, 0.3) is 5.56 Å². The predicted octanol–water partition coefficient (Wildman–Crippen LogP) is 4.87. The van der Waals surface area contributed by atoms with Crippen molar-refractivity contribution in [3.8, 4) is 11.1 Å². The Hall–Kier alpha value is -4.17. The van der Waals surface area contributed by atoms with E-state index in [0.717, 1.165) is 16.7 Å². The third-order valence-corrected chi connectivity index (χ3v) is 6.95. The van der Waals surface area contributed by atoms with Gasteiger partial charge in [0.1, 0.15) is 0 Å². The molecule has 0 spiro atoms. The molecule has 2 aromatic heterocycles. The second-order valence-corrected chi connectivity index (χ2v) is 9.35. The lowest BCUT2D eigenvalue weighted by Gasteiger charge is -2.15. The van der Waals surface area contributed by atoms with Crippen molar-refractivity contribution >= 4 is 34.3 Å². The fraction of sp³-hybridized carbons (Fsp3) is 0.143. The van der Waals surface area contributed by atoms with Crippen LogP contribution in [0.2, 0.25) is 0 Å². The van der Waals surface area contributed by atoms with Crippen molar-refractivity contribution in [2.24, 2.45) is 0 Å². The number of nitrogens with zero attached hydrogens (tertiary/aromatic N) is 4. The number of allylic oxidation sites excluding steroid dienone is 1. The van der Waals surface area contributed by atoms with Crippen LogP contribution in [0.15, 0.2) is 101 Å². The quantitative estimate of drug-likeness (QED) is 0.245. The predicted molar refractivity (Wildman–Crippen MR) is 144 cm³/mol. The SMILES string of the molecule is C=CCn1c(=O)c2ccccc2n2c(SCC(=O)NC(C)c3ccc(-c4ccccc4)cc3)nnc12. The van der Waals surface area contributed by atoms with Crippen molar-refractivity contribution in [2.75, 3.05) is 5.75 Å². The van der Waals surface area contributed by atoms with Crippen LogP contribution < -0.4 is 10.9 Å². The minimum Gasteiger partial charge on any atom is -0.349 e. The van der Waals surface area contributed by atoms with E-state index < -0.39 is 0 Å². The highest BCUT2D eigenvalue weighted by Crippen LogP contribution is 2.23. The normalized spacial score (nSPS) is 12.0. The Morgan fingerprint density at radius 1 is 1.00 bits per heavy atom. The lowest BCUT2D eigenvalue weighted by atomic mass is 10.0. The molecule has 5 aromatic rings. The molecule has 0 aliphatic heterocycles. The Bertz CT molecular complexity index is 1610. The number of carbonyl (C=O) groups excluding carboxylic acids is 1. The van der Waals surface area contributed by atoms with Crippen LogP contribution in [0.4, 0.5) is 0 Å². The molecule has 1 atom stereocenters. The van der Waals surface area contributed by atoms with Gasteiger partial charge in [-0.25, -0.2) is 0 Å². The number of amides is 1. The lowest BCUT2D eigenvalue weighted by Crippen LogP contribution is -2.28. The van der Waals surface area contributed by atoms with Crippen molar-refractivity contribution in [3.05, 3.63) is 107 Å². The molecule has 2 heterocycles. The third kappa shape index (κ3) is 4.55. The van der Waals surface area contributed by atoms with E-state index in [1.807, 2.05) is 59.9 Å². The first kappa shape index (κ1) is 23.6. The molecule has 0 fully saturated rings. The highest BCUT2D eigenvalue weighted by atomic mass is 32.2. The molecule has 0 aliphatic rings. The van der Waals surface area contributed by atoms with Crippen LogP contribution in [-0.2, 0) is 11.3 Å². The first-order valence-electron chi connectivity index (χ1n) is 11.6. The monoisotopic (exact) mass is 495 g/mol. The maximum absolute atomic E-state index is 12.9. The Morgan fingerprint density at radius 3 is 2.44 bits per heavy atom. The van der Waals surface area contributed by atoms with E-state index in [0.29, 0.717) is 28.4 Å². The summed E-state index contributed by atoms with van der Waals surface area (Å²) in [5, 5.41) is 12.7. The van der Waals surface area contributed by atoms with Crippen molar-refractivity contribution in [3.63, 3.8) is 0 Å². The standard InChI is InChI=1S/C28H25N5O2S/c1-3-17-32-26(35)23-11-7-8-12-24(23)33-27(32)30-31-28(33)36-18-25(34)29-19(2)20-13-15-22(16-14-20)21-9-5-4-6-10-21/h3-16,19H,1,17-18H2,2H3,(H,29,34). The van der Waals surface area contributed by atoms with Gasteiger partial charge < -0.3 is 5.32 Å². The molecule has 180 valence electrons. The number of para-hydroxylation sites is 1. The van der Waals surface area contributed by atoms with Gasteiger partial charge in [0.15, 0.2) is 5.16 Å². The maximum atomic E-state index is 12.9. The minimum atomic E-state index is -0.146. The van der Waals surface area contributed by atoms with Crippen LogP contribution in [0.5, 0.6) is 0 Å². The molecule has 1 unspecified atom stereocenters. The van der Waals surface area contributed by atoms with Crippen LogP contribution in [0, 0.1) is 0 Å². The number of carbonyl (C=O) groups is 1. The zero-order chi connectivity index (χ0) is 25.1. The fourth-order valence-corrected chi connectivity index (χ4v) is 4.96. The van der Waals surface area contributed by atoms with Crippen LogP contribution in [-0.4, -0.2) is 30.8 Å². The number of hydrogen-bond acceptors (Lipinski definition) is 5. The van der Waals surface area contributed by atoms with Crippen molar-refractivity contribution < 1.29 is 4.79 Å². The van der Waals surface area contributed by atoms with E-state index in [1.54, 1.807) is 12.1 Å². The van der Waals surface area contributed by atoms with Crippen LogP contribution >= 0.6 is 11.8 Å². The minimum absolute atomic E-state index is 0.111. The van der Waals surface area contributed by atoms with Gasteiger partial charge in [0, 0.05) is 6.54 Å². The van der Waals surface area contributed by atoms with E-state index in [-0.39, 0.29) is 23.3 Å². The molecule has 8 heteroatoms. The highest BCUT2D eigenvalue weighted by molar-refractivity contribution is 7.99. The summed E-state index contributed by atoms with van der Waals surface area (Å²) in [7, 11) is 0. The van der Waals surface area contributed by atoms with E-state index in [9.17, 15) is 9.59 Å². The van der Waals surface area contributed by atoms with Gasteiger partial charge in [-0.1, -0.05) is 84.6 Å². The van der Waals surface area contributed by atoms with E-state index in [4.69, 9.17) is 0 Å². The molecule has 0 aliphatic carbocycles. The molecule has 0 saturated heterocycles. The average molecular weight is 496 g/mol. The van der Waals surface area contributed by atoms with Gasteiger partial charge in [0.2, 0.25) is 11.7 Å². The van der Waals surface area contributed by atoms with Gasteiger partial charge in [-0.15, -0.1) is 16.8 Å². The summed E-state index contributed by atoms with van der Waals surface area (Å²) in [4.78, 5) is 25.7. The molecule has 0 bridgehead atoms. The van der Waals surface area contributed by atoms with Crippen molar-refractivity contribution in [1.29, 1.82) is 0 Å². The number of thioether (sulfide) groups is 1. The van der Waals surface area contributed by atoms with Crippen molar-refractivity contribution in [1.82, 2.24) is 24.5 Å². The number of aromatic nitrogens is 4. The molecule has 7 nitrogen and oxygen atoms in total. The number of nitrogens with one attached hydrogen (secondary N) is 1. The summed E-state index contributed by atoms with van der Waals surface area (Å²) in [6, 6.07) is 25.6. The lowest BCUT2D eigenvalue weighted by molar-refractivity contribution is -0.119. The summed E-state index contributed by atoms with van der Waals surface area (Å²) in [5.74, 6) is 0.482. The third-order valence-electron chi connectivity index (χ3n) is 6.02. The van der Waals surface area contributed by atoms with E-state index in [2.05, 4.69) is 46.4 Å². The van der Waals surface area contributed by atoms with Crippen molar-refractivity contribution in [2.45, 2.75) is 24.7 Å². The maximum Gasteiger partial charge on any atom is 0.263 e. The molecular weight excluding hydrogens is 470 g/mol. The van der Waals surface area contributed by atoms with Crippen LogP contribution in [0.1, 0.15) is 18.5 Å². The molecule has 0 radical (unpaired) electrons. The summed E-state index contributed by atoms with van der Waals surface area (Å²) in [6.07, 6.45) is 1.65. The topological polar surface area (TPSA) is 81.3 Å². The zero-order valence-electron chi connectivity index (χ0n) is 19.8. The van der Waals surface area contributed by atoms with E-state index in [1.165, 1.54) is 16.3 Å². The summed E-state index contributed by atoms with van der Waals surface area (Å²) in [5.41, 5.74) is 3.88. The molecule has 5 rings (SSSR count). The fourth-order valence-electron chi connectivity index (χ4n) is 4.21. The first-order chi connectivity index (χ1) is 17.6. The van der Waals surface area contributed by atoms with Crippen LogP contribution in [0.25, 0.3) is 27.8 Å². The second-order valence-electron chi connectivity index (χ2n) is 8.41. The summed E-state index contributed by atoms with van der Waals surface area (Å²) in [6.45, 7) is 6.03. The number of benzene rings is 3. The molecule has 1 N–H and O–H groups in total. The molecule has 3 aromatic carbocycles. The zero-order valence-corrected chi connectivity index (χ0v) is 20.6. The molecule has 1 amide bonds. The van der Waals surface area contributed by atoms with Gasteiger partial charge in [0.05, 0.1) is 22.7 Å². The number of hydrogen-bond donors (Lipinski definition) is 1. The Balaban J connectivity index is 1.31. The molecule has 36 heavy (non-hydrogen) atoms. The number of rotatable bonds is 8. The smallest absolute Gasteiger partial charge is 0.263 e. The molecular formula is C28H25N5O2S. The van der Waals surface area contributed by atoms with Gasteiger partial charge in [-0.3, -0.25) is 18.6 Å². The summed E-state index contributed by atoms with van der Waals surface area (Å²) >= 11 is 1.29. The Labute approximate surface area is 212 Å². The second kappa shape index (κ2) is 10.2. The highest BCUT2D eigenvalue weighted by Gasteiger charge is 2.18. The number of fused-ring (bicyclic) bond motifs is 3. The van der Waals surface area contributed by atoms with Crippen LogP contribution in [0.3, 0.4) is 0 Å².